The molecule has 0 atom stereocenters. The number of aryl methyl sites for hydroxylation is 1. The Labute approximate surface area is 101 Å². The van der Waals surface area contributed by atoms with Gasteiger partial charge in [-0.3, -0.25) is 9.52 Å². The quantitative estimate of drug-likeness (QED) is 0.631. The molecule has 1 heterocycles. The van der Waals surface area contributed by atoms with Gasteiger partial charge in [-0.2, -0.15) is 10.6 Å². The normalized spacial score (nSPS) is 10.7. The van der Waals surface area contributed by atoms with Gasteiger partial charge in [-0.15, -0.1) is 0 Å². The molecule has 2 rings (SSSR count). The van der Waals surface area contributed by atoms with Crippen LogP contribution < -0.4 is 5.48 Å². The van der Waals surface area contributed by atoms with Crippen LogP contribution in [0.1, 0.15) is 16.8 Å². The molecule has 0 aliphatic carbocycles. The van der Waals surface area contributed by atoms with E-state index < -0.39 is 0 Å². The van der Waals surface area contributed by atoms with Crippen LogP contribution in [0.3, 0.4) is 0 Å². The van der Waals surface area contributed by atoms with E-state index in [2.05, 4.69) is 10.6 Å². The van der Waals surface area contributed by atoms with Gasteiger partial charge in [0, 0.05) is 24.8 Å². The first kappa shape index (κ1) is 11.8. The van der Waals surface area contributed by atoms with E-state index >= 15 is 0 Å². The molecule has 4 heteroatoms. The summed E-state index contributed by atoms with van der Waals surface area (Å²) in [4.78, 5) is 5.40. The number of nitrogens with zero attached hydrogens (tertiary/aromatic N) is 2. The van der Waals surface area contributed by atoms with Crippen molar-refractivity contribution >= 4 is 0 Å². The minimum atomic E-state index is 0.570. The van der Waals surface area contributed by atoms with Gasteiger partial charge in [0.25, 0.3) is 0 Å². The zero-order chi connectivity index (χ0) is 12.1. The van der Waals surface area contributed by atoms with Crippen molar-refractivity contribution in [2.24, 2.45) is 7.05 Å². The molecule has 90 valence electrons. The van der Waals surface area contributed by atoms with Crippen LogP contribution in [0.15, 0.2) is 36.5 Å². The molecule has 0 saturated carbocycles. The van der Waals surface area contributed by atoms with Crippen LogP contribution in [0.4, 0.5) is 0 Å². The highest BCUT2D eigenvalue weighted by molar-refractivity contribution is 5.15. The number of hydrogen-bond donors (Lipinski definition) is 1. The second-order valence-electron chi connectivity index (χ2n) is 3.97. The van der Waals surface area contributed by atoms with E-state index in [0.29, 0.717) is 13.2 Å². The van der Waals surface area contributed by atoms with Crippen molar-refractivity contribution in [2.75, 3.05) is 0 Å². The summed E-state index contributed by atoms with van der Waals surface area (Å²) in [6.45, 7) is 3.29. The molecule has 4 nitrogen and oxygen atoms in total. The van der Waals surface area contributed by atoms with Crippen molar-refractivity contribution in [1.82, 2.24) is 15.3 Å². The Kier molecular flexibility index (Phi) is 3.90. The predicted octanol–water partition coefficient (Wildman–Crippen LogP) is 1.95. The van der Waals surface area contributed by atoms with Crippen LogP contribution in [0, 0.1) is 6.92 Å². The maximum Gasteiger partial charge on any atom is 0.0933 e. The minimum absolute atomic E-state index is 0.570. The molecule has 0 amide bonds. The molecule has 1 aromatic carbocycles. The molecule has 17 heavy (non-hydrogen) atoms. The topological polar surface area (TPSA) is 39.1 Å². The molecular formula is C13H17N3O. The number of benzene rings is 1. The maximum absolute atomic E-state index is 5.40. The minimum Gasteiger partial charge on any atom is -0.297 e. The second kappa shape index (κ2) is 5.61. The van der Waals surface area contributed by atoms with Crippen LogP contribution >= 0.6 is 0 Å². The van der Waals surface area contributed by atoms with Crippen LogP contribution in [0.5, 0.6) is 0 Å². The Hall–Kier alpha value is -1.65. The molecule has 0 spiro atoms. The fourth-order valence-corrected chi connectivity index (χ4v) is 1.56. The third-order valence-corrected chi connectivity index (χ3v) is 2.78. The Bertz CT molecular complexity index is 465. The monoisotopic (exact) mass is 231 g/mol. The summed E-state index contributed by atoms with van der Waals surface area (Å²) in [5.74, 6) is 0. The van der Waals surface area contributed by atoms with E-state index in [0.717, 1.165) is 16.8 Å². The molecule has 0 fully saturated rings. The largest absolute Gasteiger partial charge is 0.297 e. The molecule has 1 N–H and O–H groups in total. The summed E-state index contributed by atoms with van der Waals surface area (Å²) in [5, 5.41) is 4.17. The van der Waals surface area contributed by atoms with Gasteiger partial charge in [0.15, 0.2) is 0 Å². The average molecular weight is 231 g/mol. The fraction of sp³-hybridized carbons (Fsp3) is 0.308. The van der Waals surface area contributed by atoms with E-state index in [4.69, 9.17) is 4.84 Å². The fourth-order valence-electron chi connectivity index (χ4n) is 1.56. The molecule has 1 aromatic heterocycles. The number of aromatic nitrogens is 2. The summed E-state index contributed by atoms with van der Waals surface area (Å²) in [6.07, 6.45) is 1.86. The zero-order valence-corrected chi connectivity index (χ0v) is 10.2. The lowest BCUT2D eigenvalue weighted by atomic mass is 10.2. The van der Waals surface area contributed by atoms with E-state index in [1.807, 2.05) is 55.2 Å². The SMILES string of the molecule is Cc1c(CNOCc2ccccc2)cnn1C. The van der Waals surface area contributed by atoms with E-state index in [1.54, 1.807) is 0 Å². The van der Waals surface area contributed by atoms with Gasteiger partial charge in [0.2, 0.25) is 0 Å². The van der Waals surface area contributed by atoms with Crippen molar-refractivity contribution in [3.63, 3.8) is 0 Å². The Balaban J connectivity index is 1.75. The highest BCUT2D eigenvalue weighted by Gasteiger charge is 2.02. The summed E-state index contributed by atoms with van der Waals surface area (Å²) >= 11 is 0. The standard InChI is InChI=1S/C13H17N3O/c1-11-13(8-14-16(11)2)9-15-17-10-12-6-4-3-5-7-12/h3-8,15H,9-10H2,1-2H3. The zero-order valence-electron chi connectivity index (χ0n) is 10.2. The average Bonchev–Trinajstić information content (AvgIpc) is 2.67. The first-order chi connectivity index (χ1) is 8.27. The third-order valence-electron chi connectivity index (χ3n) is 2.78. The Morgan fingerprint density at radius 3 is 2.71 bits per heavy atom. The molecule has 0 unspecified atom stereocenters. The lowest BCUT2D eigenvalue weighted by Gasteiger charge is -2.05. The summed E-state index contributed by atoms with van der Waals surface area (Å²) in [7, 11) is 1.93. The molecule has 0 radical (unpaired) electrons. The number of hydroxylamine groups is 1. The maximum atomic E-state index is 5.40. The summed E-state index contributed by atoms with van der Waals surface area (Å²) < 4.78 is 1.86. The van der Waals surface area contributed by atoms with Gasteiger partial charge in [-0.25, -0.2) is 0 Å². The first-order valence-electron chi connectivity index (χ1n) is 5.63. The number of hydrogen-bond acceptors (Lipinski definition) is 3. The molecule has 0 aliphatic heterocycles. The second-order valence-corrected chi connectivity index (χ2v) is 3.97. The van der Waals surface area contributed by atoms with Gasteiger partial charge in [0.05, 0.1) is 12.8 Å². The van der Waals surface area contributed by atoms with Crippen LogP contribution in [-0.4, -0.2) is 9.78 Å². The van der Waals surface area contributed by atoms with E-state index in [1.165, 1.54) is 0 Å². The van der Waals surface area contributed by atoms with Crippen molar-refractivity contribution in [2.45, 2.75) is 20.1 Å². The van der Waals surface area contributed by atoms with E-state index in [9.17, 15) is 0 Å². The van der Waals surface area contributed by atoms with Gasteiger partial charge < -0.3 is 0 Å². The molecular weight excluding hydrogens is 214 g/mol. The first-order valence-corrected chi connectivity index (χ1v) is 5.63. The molecule has 0 saturated heterocycles. The van der Waals surface area contributed by atoms with Gasteiger partial charge in [-0.1, -0.05) is 30.3 Å². The van der Waals surface area contributed by atoms with Crippen LogP contribution in [0.25, 0.3) is 0 Å². The van der Waals surface area contributed by atoms with Gasteiger partial charge in [0.1, 0.15) is 0 Å². The smallest absolute Gasteiger partial charge is 0.0933 e. The molecule has 0 aliphatic rings. The third kappa shape index (κ3) is 3.15. The molecule has 2 aromatic rings. The van der Waals surface area contributed by atoms with Crippen molar-refractivity contribution in [1.29, 1.82) is 0 Å². The highest BCUT2D eigenvalue weighted by atomic mass is 16.6. The lowest BCUT2D eigenvalue weighted by Crippen LogP contribution is -2.14. The number of nitrogens with one attached hydrogen (secondary N) is 1. The summed E-state index contributed by atoms with van der Waals surface area (Å²) in [6, 6.07) is 10.1. The van der Waals surface area contributed by atoms with Gasteiger partial charge in [-0.05, 0) is 12.5 Å². The van der Waals surface area contributed by atoms with Crippen molar-refractivity contribution in [3.05, 3.63) is 53.3 Å². The highest BCUT2D eigenvalue weighted by Crippen LogP contribution is 2.05. The Morgan fingerprint density at radius 1 is 1.29 bits per heavy atom. The number of rotatable bonds is 5. The van der Waals surface area contributed by atoms with Crippen molar-refractivity contribution in [3.8, 4) is 0 Å². The predicted molar refractivity (Wildman–Crippen MR) is 66.0 cm³/mol. The van der Waals surface area contributed by atoms with Gasteiger partial charge >= 0.3 is 0 Å². The van der Waals surface area contributed by atoms with E-state index in [-0.39, 0.29) is 0 Å². The van der Waals surface area contributed by atoms with Crippen molar-refractivity contribution < 1.29 is 4.84 Å². The molecule has 0 bridgehead atoms. The Morgan fingerprint density at radius 2 is 2.06 bits per heavy atom. The lowest BCUT2D eigenvalue weighted by molar-refractivity contribution is 0.0234. The summed E-state index contributed by atoms with van der Waals surface area (Å²) in [5.41, 5.74) is 6.41. The van der Waals surface area contributed by atoms with Crippen LogP contribution in [0.2, 0.25) is 0 Å². The van der Waals surface area contributed by atoms with Crippen LogP contribution in [-0.2, 0) is 25.0 Å².